The Kier molecular flexibility index (Phi) is 6.63. The van der Waals surface area contributed by atoms with Gasteiger partial charge in [0.2, 0.25) is 0 Å². The number of nitriles is 1. The molecule has 0 radical (unpaired) electrons. The number of hydrogen-bond donors (Lipinski definition) is 0. The second-order valence-corrected chi connectivity index (χ2v) is 14.4. The second kappa shape index (κ2) is 9.22. The molecule has 4 saturated carbocycles. The Labute approximate surface area is 220 Å². The predicted octanol–water partition coefficient (Wildman–Crippen LogP) is 8.25. The fraction of sp³-hybridized carbons (Fsp3) is 0.818. The van der Waals surface area contributed by atoms with Crippen LogP contribution in [0, 0.1) is 74.9 Å². The van der Waals surface area contributed by atoms with Gasteiger partial charge in [0.1, 0.15) is 0 Å². The Hall–Kier alpha value is -1.74. The maximum absolute atomic E-state index is 10.6. The SMILES string of the molecule is C#Cc1cnn(C[C@](C)(C#N)C2CCCC3C4CCC5(C)CC(CCC)CCC5(C)C4CCC32C)c1. The summed E-state index contributed by atoms with van der Waals surface area (Å²) in [4.78, 5) is 0. The molecule has 5 rings (SSSR count). The van der Waals surface area contributed by atoms with Gasteiger partial charge in [-0.2, -0.15) is 10.4 Å². The van der Waals surface area contributed by atoms with Crippen molar-refractivity contribution in [3.63, 3.8) is 0 Å². The molecule has 3 nitrogen and oxygen atoms in total. The Morgan fingerprint density at radius 1 is 1.11 bits per heavy atom. The lowest BCUT2D eigenvalue weighted by Gasteiger charge is -2.68. The lowest BCUT2D eigenvalue weighted by atomic mass is 9.37. The molecule has 0 bridgehead atoms. The van der Waals surface area contributed by atoms with E-state index in [-0.39, 0.29) is 5.41 Å². The Morgan fingerprint density at radius 3 is 2.61 bits per heavy atom. The number of nitrogens with zero attached hydrogens (tertiary/aromatic N) is 3. The molecule has 0 N–H and O–H groups in total. The average Bonchev–Trinajstić information content (AvgIpc) is 3.31. The number of terminal acetylenes is 1. The minimum Gasteiger partial charge on any atom is -0.270 e. The molecule has 9 atom stereocenters. The Morgan fingerprint density at radius 2 is 1.92 bits per heavy atom. The molecule has 4 aliphatic rings. The molecule has 0 amide bonds. The molecule has 1 aromatic heterocycles. The lowest BCUT2D eigenvalue weighted by Crippen LogP contribution is -2.60. The second-order valence-electron chi connectivity index (χ2n) is 14.4. The first-order chi connectivity index (χ1) is 17.1. The minimum atomic E-state index is -0.427. The largest absolute Gasteiger partial charge is 0.270 e. The molecule has 3 heteroatoms. The number of rotatable bonds is 5. The highest BCUT2D eigenvalue weighted by Gasteiger charge is 2.63. The summed E-state index contributed by atoms with van der Waals surface area (Å²) < 4.78 is 1.93. The van der Waals surface area contributed by atoms with E-state index in [0.29, 0.717) is 23.3 Å². The molecule has 36 heavy (non-hydrogen) atoms. The van der Waals surface area contributed by atoms with Crippen molar-refractivity contribution in [2.75, 3.05) is 0 Å². The fourth-order valence-corrected chi connectivity index (χ4v) is 10.7. The van der Waals surface area contributed by atoms with Crippen LogP contribution in [0.2, 0.25) is 0 Å². The topological polar surface area (TPSA) is 41.6 Å². The number of hydrogen-bond acceptors (Lipinski definition) is 2. The van der Waals surface area contributed by atoms with Crippen LogP contribution in [0.1, 0.15) is 117 Å². The van der Waals surface area contributed by atoms with Crippen molar-refractivity contribution in [1.82, 2.24) is 9.78 Å². The molecule has 0 saturated heterocycles. The summed E-state index contributed by atoms with van der Waals surface area (Å²) in [5.41, 5.74) is 1.63. The molecular formula is C33H49N3. The van der Waals surface area contributed by atoms with E-state index in [4.69, 9.17) is 6.42 Å². The van der Waals surface area contributed by atoms with Crippen LogP contribution >= 0.6 is 0 Å². The Balaban J connectivity index is 1.41. The van der Waals surface area contributed by atoms with Crippen molar-refractivity contribution in [3.8, 4) is 18.4 Å². The van der Waals surface area contributed by atoms with Gasteiger partial charge in [-0.1, -0.05) is 52.9 Å². The molecule has 196 valence electrons. The van der Waals surface area contributed by atoms with Gasteiger partial charge in [0.15, 0.2) is 0 Å². The zero-order valence-electron chi connectivity index (χ0n) is 23.7. The normalized spacial score (nSPS) is 43.7. The highest BCUT2D eigenvalue weighted by atomic mass is 15.3. The van der Waals surface area contributed by atoms with Gasteiger partial charge in [0, 0.05) is 6.20 Å². The van der Waals surface area contributed by atoms with Gasteiger partial charge in [-0.25, -0.2) is 0 Å². The third-order valence-corrected chi connectivity index (χ3v) is 12.7. The highest BCUT2D eigenvalue weighted by molar-refractivity contribution is 5.26. The number of aromatic nitrogens is 2. The highest BCUT2D eigenvalue weighted by Crippen LogP contribution is 2.71. The van der Waals surface area contributed by atoms with Gasteiger partial charge in [-0.05, 0) is 111 Å². The summed E-state index contributed by atoms with van der Waals surface area (Å²) in [6.07, 6.45) is 25.7. The van der Waals surface area contributed by atoms with Crippen LogP contribution in [0.3, 0.4) is 0 Å². The van der Waals surface area contributed by atoms with E-state index in [1.54, 1.807) is 6.20 Å². The first kappa shape index (κ1) is 25.9. The van der Waals surface area contributed by atoms with E-state index >= 15 is 0 Å². The summed E-state index contributed by atoms with van der Waals surface area (Å²) in [7, 11) is 0. The average molecular weight is 488 g/mol. The van der Waals surface area contributed by atoms with Crippen molar-refractivity contribution in [2.45, 2.75) is 118 Å². The minimum absolute atomic E-state index is 0.246. The standard InChI is InChI=1S/C33H49N3/c1-7-10-25-13-18-33(6)28-15-17-32(5)27(26(28)14-16-31(33,4)19-25)11-9-12-29(32)30(3,22-34)23-36-21-24(8-2)20-35-36/h2,20-21,25-29H,7,9-19,23H2,1,3-6H3/t25?,26?,27?,28?,29?,30-,31?,32?,33?/m0/s1. The number of fused-ring (bicyclic) bond motifs is 5. The van der Waals surface area contributed by atoms with Gasteiger partial charge in [-0.3, -0.25) is 4.68 Å². The van der Waals surface area contributed by atoms with Crippen LogP contribution in [0.4, 0.5) is 0 Å². The summed E-state index contributed by atoms with van der Waals surface area (Å²) in [6.45, 7) is 13.2. The van der Waals surface area contributed by atoms with Crippen molar-refractivity contribution in [3.05, 3.63) is 18.0 Å². The van der Waals surface area contributed by atoms with E-state index < -0.39 is 5.41 Å². The van der Waals surface area contributed by atoms with E-state index in [2.05, 4.69) is 51.7 Å². The predicted molar refractivity (Wildman–Crippen MR) is 147 cm³/mol. The summed E-state index contributed by atoms with van der Waals surface area (Å²) >= 11 is 0. The smallest absolute Gasteiger partial charge is 0.0774 e. The maximum atomic E-state index is 10.6. The monoisotopic (exact) mass is 487 g/mol. The zero-order valence-corrected chi connectivity index (χ0v) is 23.7. The van der Waals surface area contributed by atoms with Crippen LogP contribution in [-0.2, 0) is 6.54 Å². The first-order valence-corrected chi connectivity index (χ1v) is 15.0. The third-order valence-electron chi connectivity index (χ3n) is 12.7. The van der Waals surface area contributed by atoms with Gasteiger partial charge in [0.05, 0.1) is 29.8 Å². The third kappa shape index (κ3) is 3.87. The van der Waals surface area contributed by atoms with Gasteiger partial charge in [-0.15, -0.1) is 6.42 Å². The fourth-order valence-electron chi connectivity index (χ4n) is 10.7. The Bertz CT molecular complexity index is 1040. The molecular weight excluding hydrogens is 438 g/mol. The molecule has 4 fully saturated rings. The maximum Gasteiger partial charge on any atom is 0.0774 e. The van der Waals surface area contributed by atoms with Crippen LogP contribution < -0.4 is 0 Å². The summed E-state index contributed by atoms with van der Waals surface area (Å²) in [5, 5.41) is 15.1. The van der Waals surface area contributed by atoms with Crippen molar-refractivity contribution in [1.29, 1.82) is 5.26 Å². The molecule has 4 aliphatic carbocycles. The van der Waals surface area contributed by atoms with Crippen LogP contribution in [0.15, 0.2) is 12.4 Å². The summed E-state index contributed by atoms with van der Waals surface area (Å²) in [5.74, 6) is 6.52. The van der Waals surface area contributed by atoms with E-state index in [1.165, 1.54) is 77.0 Å². The molecule has 1 heterocycles. The molecule has 1 aromatic rings. The van der Waals surface area contributed by atoms with Gasteiger partial charge >= 0.3 is 0 Å². The van der Waals surface area contributed by atoms with Crippen LogP contribution in [0.25, 0.3) is 0 Å². The zero-order chi connectivity index (χ0) is 25.8. The molecule has 0 spiro atoms. The van der Waals surface area contributed by atoms with Gasteiger partial charge < -0.3 is 0 Å². The van der Waals surface area contributed by atoms with Crippen molar-refractivity contribution >= 4 is 0 Å². The van der Waals surface area contributed by atoms with Crippen LogP contribution in [-0.4, -0.2) is 9.78 Å². The van der Waals surface area contributed by atoms with E-state index in [9.17, 15) is 5.26 Å². The molecule has 0 aliphatic heterocycles. The van der Waals surface area contributed by atoms with E-state index in [0.717, 1.165) is 29.2 Å². The molecule has 0 aromatic carbocycles. The quantitative estimate of drug-likeness (QED) is 0.392. The van der Waals surface area contributed by atoms with Crippen molar-refractivity contribution in [2.24, 2.45) is 51.2 Å². The van der Waals surface area contributed by atoms with Crippen LogP contribution in [0.5, 0.6) is 0 Å². The van der Waals surface area contributed by atoms with E-state index in [1.807, 2.05) is 10.9 Å². The molecule has 8 unspecified atom stereocenters. The van der Waals surface area contributed by atoms with Crippen molar-refractivity contribution < 1.29 is 0 Å². The summed E-state index contributed by atoms with van der Waals surface area (Å²) in [6, 6.07) is 2.82. The first-order valence-electron chi connectivity index (χ1n) is 15.0. The van der Waals surface area contributed by atoms with Gasteiger partial charge in [0.25, 0.3) is 0 Å². The lowest BCUT2D eigenvalue weighted by molar-refractivity contribution is -0.187.